The van der Waals surface area contributed by atoms with Crippen molar-refractivity contribution in [2.45, 2.75) is 6.92 Å². The van der Waals surface area contributed by atoms with Crippen molar-refractivity contribution in [3.05, 3.63) is 60.2 Å². The number of para-hydroxylation sites is 1. The Morgan fingerprint density at radius 2 is 1.75 bits per heavy atom. The van der Waals surface area contributed by atoms with Crippen molar-refractivity contribution in [3.8, 4) is 11.5 Å². The number of ether oxygens (including phenoxy) is 2. The minimum Gasteiger partial charge on any atom is -0.454 e. The molecule has 3 aliphatic rings. The number of fused-ring (bicyclic) bond motifs is 1. The van der Waals surface area contributed by atoms with E-state index in [1.54, 1.807) is 37.3 Å². The Bertz CT molecular complexity index is 1240. The van der Waals surface area contributed by atoms with Gasteiger partial charge in [-0.25, -0.2) is 9.69 Å². The summed E-state index contributed by atoms with van der Waals surface area (Å²) in [4.78, 5) is 51.8. The van der Waals surface area contributed by atoms with Gasteiger partial charge in [0.25, 0.3) is 17.7 Å². The molecule has 0 bridgehead atoms. The van der Waals surface area contributed by atoms with Crippen LogP contribution in [-0.2, 0) is 14.4 Å². The molecule has 5 amide bonds. The van der Waals surface area contributed by atoms with Crippen LogP contribution in [0.3, 0.4) is 0 Å². The monoisotopic (exact) mass is 432 g/mol. The fourth-order valence-electron chi connectivity index (χ4n) is 3.63. The molecule has 1 N–H and O–H groups in total. The highest BCUT2D eigenvalue weighted by atomic mass is 16.7. The van der Waals surface area contributed by atoms with Crippen molar-refractivity contribution in [1.82, 2.24) is 5.32 Å². The van der Waals surface area contributed by atoms with Crippen LogP contribution in [0.1, 0.15) is 6.92 Å². The molecule has 5 rings (SSSR count). The zero-order chi connectivity index (χ0) is 22.4. The lowest BCUT2D eigenvalue weighted by Gasteiger charge is -2.26. The number of barbiturate groups is 1. The lowest BCUT2D eigenvalue weighted by atomic mass is 9.98. The molecule has 1 saturated heterocycles. The molecular weight excluding hydrogens is 416 g/mol. The van der Waals surface area contributed by atoms with Gasteiger partial charge in [0.2, 0.25) is 6.79 Å². The number of carbonyl (C=O) groups is 4. The summed E-state index contributed by atoms with van der Waals surface area (Å²) in [6, 6.07) is 12.4. The van der Waals surface area contributed by atoms with Gasteiger partial charge >= 0.3 is 6.03 Å². The SMILES string of the molecule is CC1=NN(c2ccccc2)C(=O)[C@@H]1/C=C1/C(=O)NC(=O)N(c2ccc3c(c2)OCO3)C1=O. The van der Waals surface area contributed by atoms with Crippen LogP contribution in [0.2, 0.25) is 0 Å². The van der Waals surface area contributed by atoms with Crippen LogP contribution >= 0.6 is 0 Å². The highest BCUT2D eigenvalue weighted by Gasteiger charge is 2.40. The lowest BCUT2D eigenvalue weighted by Crippen LogP contribution is -2.54. The second kappa shape index (κ2) is 7.34. The number of rotatable bonds is 3. The maximum Gasteiger partial charge on any atom is 0.335 e. The molecule has 2 aromatic carbocycles. The molecule has 0 aromatic heterocycles. The second-order valence-corrected chi connectivity index (χ2v) is 7.22. The molecule has 160 valence electrons. The first-order chi connectivity index (χ1) is 15.4. The summed E-state index contributed by atoms with van der Waals surface area (Å²) in [6.45, 7) is 1.66. The van der Waals surface area contributed by atoms with Crippen LogP contribution in [0, 0.1) is 5.92 Å². The largest absolute Gasteiger partial charge is 0.454 e. The number of carbonyl (C=O) groups excluding carboxylic acids is 4. The third kappa shape index (κ3) is 3.09. The summed E-state index contributed by atoms with van der Waals surface area (Å²) in [5.41, 5.74) is 0.849. The number of hydrogen-bond acceptors (Lipinski definition) is 7. The Balaban J connectivity index is 1.47. The smallest absolute Gasteiger partial charge is 0.335 e. The van der Waals surface area contributed by atoms with Crippen LogP contribution in [0.25, 0.3) is 0 Å². The van der Waals surface area contributed by atoms with Crippen LogP contribution in [0.4, 0.5) is 16.2 Å². The van der Waals surface area contributed by atoms with Gasteiger partial charge in [0, 0.05) is 6.07 Å². The summed E-state index contributed by atoms with van der Waals surface area (Å²) in [6.07, 6.45) is 1.24. The molecule has 1 fully saturated rings. The Kier molecular flexibility index (Phi) is 4.47. The average molecular weight is 432 g/mol. The summed E-state index contributed by atoms with van der Waals surface area (Å²) in [7, 11) is 0. The molecule has 10 nitrogen and oxygen atoms in total. The molecule has 3 aliphatic heterocycles. The van der Waals surface area contributed by atoms with E-state index >= 15 is 0 Å². The molecule has 10 heteroatoms. The van der Waals surface area contributed by atoms with Crippen molar-refractivity contribution in [2.75, 3.05) is 16.7 Å². The van der Waals surface area contributed by atoms with E-state index < -0.39 is 29.7 Å². The van der Waals surface area contributed by atoms with Crippen molar-refractivity contribution >= 4 is 40.8 Å². The number of anilines is 2. The van der Waals surface area contributed by atoms with Gasteiger partial charge in [-0.3, -0.25) is 19.7 Å². The molecule has 0 radical (unpaired) electrons. The molecule has 0 spiro atoms. The standard InChI is InChI=1S/C22H16N4O6/c1-12-15(21(29)26(24-12)13-5-3-2-4-6-13)10-16-19(27)23-22(30)25(20(16)28)14-7-8-17-18(9-14)32-11-31-17/h2-10,15H,11H2,1H3,(H,23,27,30)/b16-10-/t15-/m1/s1. The van der Waals surface area contributed by atoms with Gasteiger partial charge in [-0.1, -0.05) is 18.2 Å². The van der Waals surface area contributed by atoms with Gasteiger partial charge in [-0.2, -0.15) is 10.1 Å². The first kappa shape index (κ1) is 19.5. The van der Waals surface area contributed by atoms with E-state index in [1.807, 2.05) is 6.07 Å². The first-order valence-corrected chi connectivity index (χ1v) is 9.69. The molecule has 0 unspecified atom stereocenters. The number of amides is 5. The summed E-state index contributed by atoms with van der Waals surface area (Å²) in [5, 5.41) is 7.64. The fraction of sp³-hybridized carbons (Fsp3) is 0.136. The van der Waals surface area contributed by atoms with Gasteiger partial charge < -0.3 is 9.47 Å². The number of benzene rings is 2. The van der Waals surface area contributed by atoms with Crippen molar-refractivity contribution in [2.24, 2.45) is 11.0 Å². The van der Waals surface area contributed by atoms with E-state index in [0.717, 1.165) is 4.90 Å². The Morgan fingerprint density at radius 1 is 1.00 bits per heavy atom. The molecular formula is C22H16N4O6. The molecule has 1 atom stereocenters. The van der Waals surface area contributed by atoms with Crippen molar-refractivity contribution in [3.63, 3.8) is 0 Å². The fourth-order valence-corrected chi connectivity index (χ4v) is 3.63. The van der Waals surface area contributed by atoms with Crippen molar-refractivity contribution in [1.29, 1.82) is 0 Å². The van der Waals surface area contributed by atoms with E-state index in [2.05, 4.69) is 10.4 Å². The van der Waals surface area contributed by atoms with Gasteiger partial charge in [0.15, 0.2) is 11.5 Å². The lowest BCUT2D eigenvalue weighted by molar-refractivity contribution is -0.122. The summed E-state index contributed by atoms with van der Waals surface area (Å²) < 4.78 is 10.5. The third-order valence-electron chi connectivity index (χ3n) is 5.23. The maximum atomic E-state index is 13.1. The predicted molar refractivity (Wildman–Crippen MR) is 112 cm³/mol. The van der Waals surface area contributed by atoms with Crippen LogP contribution in [0.5, 0.6) is 11.5 Å². The number of nitrogens with zero attached hydrogens (tertiary/aromatic N) is 3. The quantitative estimate of drug-likeness (QED) is 0.585. The Morgan fingerprint density at radius 3 is 2.53 bits per heavy atom. The zero-order valence-electron chi connectivity index (χ0n) is 16.8. The number of imide groups is 2. The van der Waals surface area contributed by atoms with E-state index in [-0.39, 0.29) is 18.1 Å². The molecule has 32 heavy (non-hydrogen) atoms. The van der Waals surface area contributed by atoms with Gasteiger partial charge in [0.1, 0.15) is 5.57 Å². The van der Waals surface area contributed by atoms with E-state index in [9.17, 15) is 19.2 Å². The number of hydrazone groups is 1. The minimum absolute atomic E-state index is 0.0306. The number of nitrogens with one attached hydrogen (secondary N) is 1. The highest BCUT2D eigenvalue weighted by molar-refractivity contribution is 6.38. The molecule has 0 aliphatic carbocycles. The van der Waals surface area contributed by atoms with Gasteiger partial charge in [0.05, 0.1) is 23.0 Å². The van der Waals surface area contributed by atoms with E-state index in [4.69, 9.17) is 9.47 Å². The third-order valence-corrected chi connectivity index (χ3v) is 5.23. The number of hydrogen-bond donors (Lipinski definition) is 1. The van der Waals surface area contributed by atoms with Crippen LogP contribution in [-0.4, -0.2) is 36.3 Å². The molecule has 3 heterocycles. The van der Waals surface area contributed by atoms with Crippen molar-refractivity contribution < 1.29 is 28.7 Å². The summed E-state index contributed by atoms with van der Waals surface area (Å²) in [5.74, 6) is -2.21. The Hall–Kier alpha value is -4.47. The normalized spacial score (nSPS) is 21.3. The molecule has 0 saturated carbocycles. The van der Waals surface area contributed by atoms with Crippen LogP contribution < -0.4 is 24.7 Å². The van der Waals surface area contributed by atoms with Crippen LogP contribution in [0.15, 0.2) is 65.3 Å². The topological polar surface area (TPSA) is 118 Å². The average Bonchev–Trinajstić information content (AvgIpc) is 3.35. The van der Waals surface area contributed by atoms with Gasteiger partial charge in [-0.05, 0) is 37.3 Å². The maximum absolute atomic E-state index is 13.1. The zero-order valence-corrected chi connectivity index (χ0v) is 16.8. The Labute approximate surface area is 181 Å². The minimum atomic E-state index is -0.924. The predicted octanol–water partition coefficient (Wildman–Crippen LogP) is 1.96. The number of urea groups is 1. The van der Waals surface area contributed by atoms with Gasteiger partial charge in [-0.15, -0.1) is 0 Å². The highest BCUT2D eigenvalue weighted by Crippen LogP contribution is 2.36. The van der Waals surface area contributed by atoms with E-state index in [0.29, 0.717) is 22.9 Å². The second-order valence-electron chi connectivity index (χ2n) is 7.22. The first-order valence-electron chi connectivity index (χ1n) is 9.69. The van der Waals surface area contributed by atoms with E-state index in [1.165, 1.54) is 23.2 Å². The molecule has 2 aromatic rings. The summed E-state index contributed by atoms with van der Waals surface area (Å²) >= 11 is 0.